The van der Waals surface area contributed by atoms with Crippen molar-refractivity contribution in [2.24, 2.45) is 4.99 Å². The number of nitrogens with zero attached hydrogens (tertiary/aromatic N) is 2. The topological polar surface area (TPSA) is 68.8 Å². The van der Waals surface area contributed by atoms with Gasteiger partial charge in [0, 0.05) is 25.2 Å². The van der Waals surface area contributed by atoms with Gasteiger partial charge in [0.05, 0.1) is 0 Å². The Hall–Kier alpha value is -1.30. The van der Waals surface area contributed by atoms with Crippen LogP contribution >= 0.6 is 0 Å². The Morgan fingerprint density at radius 2 is 1.78 bits per heavy atom. The van der Waals surface area contributed by atoms with Crippen LogP contribution in [0.3, 0.4) is 0 Å². The molecule has 1 aliphatic heterocycles. The molecule has 0 aliphatic carbocycles. The van der Waals surface area contributed by atoms with Crippen molar-refractivity contribution in [3.63, 3.8) is 0 Å². The third-order valence-corrected chi connectivity index (χ3v) is 4.20. The first-order valence-corrected chi connectivity index (χ1v) is 9.03. The van der Waals surface area contributed by atoms with Gasteiger partial charge in [-0.1, -0.05) is 13.3 Å². The summed E-state index contributed by atoms with van der Waals surface area (Å²) in [6.45, 7) is 13.4. The number of carbonyl (C=O) groups excluding carboxylic acids is 1. The number of aliphatic imine (C=N–C) groups is 1. The normalized spacial score (nSPS) is 17.0. The summed E-state index contributed by atoms with van der Waals surface area (Å²) in [4.78, 5) is 18.6. The highest BCUT2D eigenvalue weighted by Gasteiger charge is 2.27. The van der Waals surface area contributed by atoms with E-state index >= 15 is 0 Å². The van der Waals surface area contributed by atoms with Crippen LogP contribution in [0.2, 0.25) is 0 Å². The lowest BCUT2D eigenvalue weighted by Crippen LogP contribution is -2.55. The van der Waals surface area contributed by atoms with Crippen LogP contribution in [0.1, 0.15) is 53.4 Å². The maximum atomic E-state index is 11.7. The van der Waals surface area contributed by atoms with Crippen molar-refractivity contribution in [3.05, 3.63) is 0 Å². The lowest BCUT2D eigenvalue weighted by atomic mass is 9.98. The molecule has 0 aromatic carbocycles. The smallest absolute Gasteiger partial charge is 0.241 e. The number of nitrogens with one attached hydrogen (secondary N) is 3. The van der Waals surface area contributed by atoms with Crippen molar-refractivity contribution in [2.75, 3.05) is 39.3 Å². The first-order valence-electron chi connectivity index (χ1n) is 9.03. The monoisotopic (exact) mass is 325 g/mol. The lowest BCUT2D eigenvalue weighted by molar-refractivity contribution is -0.119. The number of guanidine groups is 1. The van der Waals surface area contributed by atoms with E-state index in [-0.39, 0.29) is 18.0 Å². The molecule has 0 aromatic rings. The predicted molar refractivity (Wildman–Crippen MR) is 96.8 cm³/mol. The van der Waals surface area contributed by atoms with Gasteiger partial charge in [-0.15, -0.1) is 0 Å². The average Bonchev–Trinajstić information content (AvgIpc) is 2.56. The molecule has 1 heterocycles. The second-order valence-electron chi connectivity index (χ2n) is 6.76. The van der Waals surface area contributed by atoms with Gasteiger partial charge in [0.2, 0.25) is 5.91 Å². The van der Waals surface area contributed by atoms with Gasteiger partial charge < -0.3 is 16.0 Å². The summed E-state index contributed by atoms with van der Waals surface area (Å²) in [5.41, 5.74) is 0.0844. The zero-order chi connectivity index (χ0) is 17.1. The number of likely N-dealkylation sites (tertiary alicyclic amines) is 1. The Morgan fingerprint density at radius 1 is 1.09 bits per heavy atom. The van der Waals surface area contributed by atoms with Gasteiger partial charge in [0.25, 0.3) is 0 Å². The average molecular weight is 326 g/mol. The van der Waals surface area contributed by atoms with E-state index in [1.165, 1.54) is 32.4 Å². The fourth-order valence-corrected chi connectivity index (χ4v) is 2.72. The number of hydrogen-bond acceptors (Lipinski definition) is 3. The van der Waals surface area contributed by atoms with Gasteiger partial charge >= 0.3 is 0 Å². The Bertz CT molecular complexity index is 375. The maximum absolute atomic E-state index is 11.7. The fraction of sp³-hybridized carbons (Fsp3) is 0.882. The molecule has 1 fully saturated rings. The molecule has 1 saturated heterocycles. The highest BCUT2D eigenvalue weighted by atomic mass is 16.1. The fourth-order valence-electron chi connectivity index (χ4n) is 2.72. The van der Waals surface area contributed by atoms with E-state index in [4.69, 9.17) is 0 Å². The van der Waals surface area contributed by atoms with Crippen molar-refractivity contribution in [1.29, 1.82) is 0 Å². The Kier molecular flexibility index (Phi) is 8.99. The largest absolute Gasteiger partial charge is 0.357 e. The van der Waals surface area contributed by atoms with E-state index < -0.39 is 0 Å². The maximum Gasteiger partial charge on any atom is 0.241 e. The first-order chi connectivity index (χ1) is 11.0. The van der Waals surface area contributed by atoms with Crippen LogP contribution < -0.4 is 16.0 Å². The summed E-state index contributed by atoms with van der Waals surface area (Å²) in [6, 6.07) is 0. The van der Waals surface area contributed by atoms with E-state index in [0.717, 1.165) is 19.5 Å². The van der Waals surface area contributed by atoms with Crippen LogP contribution in [0.25, 0.3) is 0 Å². The van der Waals surface area contributed by atoms with Gasteiger partial charge in [0.15, 0.2) is 5.96 Å². The molecule has 134 valence electrons. The number of amides is 1. The quantitative estimate of drug-likeness (QED) is 0.465. The van der Waals surface area contributed by atoms with Crippen LogP contribution in [-0.4, -0.2) is 61.6 Å². The highest BCUT2D eigenvalue weighted by molar-refractivity contribution is 5.84. The van der Waals surface area contributed by atoms with Gasteiger partial charge in [-0.2, -0.15) is 0 Å². The molecule has 23 heavy (non-hydrogen) atoms. The molecule has 1 amide bonds. The second-order valence-corrected chi connectivity index (χ2v) is 6.76. The van der Waals surface area contributed by atoms with Crippen LogP contribution in [0.4, 0.5) is 0 Å². The van der Waals surface area contributed by atoms with Gasteiger partial charge in [-0.3, -0.25) is 9.69 Å². The molecule has 6 heteroatoms. The number of hydrogen-bond donors (Lipinski definition) is 3. The third-order valence-electron chi connectivity index (χ3n) is 4.20. The zero-order valence-corrected chi connectivity index (χ0v) is 15.4. The van der Waals surface area contributed by atoms with Crippen LogP contribution in [0.5, 0.6) is 0 Å². The first kappa shape index (κ1) is 19.7. The number of rotatable bonds is 8. The molecule has 0 radical (unpaired) electrons. The summed E-state index contributed by atoms with van der Waals surface area (Å²) < 4.78 is 0. The van der Waals surface area contributed by atoms with E-state index in [9.17, 15) is 4.79 Å². The van der Waals surface area contributed by atoms with Crippen molar-refractivity contribution in [3.8, 4) is 0 Å². The molecule has 1 rings (SSSR count). The molecule has 0 saturated carbocycles. The molecule has 0 spiro atoms. The molecular formula is C17H35N5O. The third kappa shape index (κ3) is 7.68. The number of carbonyl (C=O) groups is 1. The molecule has 0 aromatic heterocycles. The van der Waals surface area contributed by atoms with Crippen LogP contribution in [-0.2, 0) is 4.79 Å². The van der Waals surface area contributed by atoms with E-state index in [2.05, 4.69) is 39.7 Å². The van der Waals surface area contributed by atoms with E-state index in [1.54, 1.807) is 0 Å². The van der Waals surface area contributed by atoms with Crippen LogP contribution in [0.15, 0.2) is 4.99 Å². The van der Waals surface area contributed by atoms with Gasteiger partial charge in [-0.25, -0.2) is 4.99 Å². The standard InChI is InChI=1S/C17H35N5O/c1-5-10-19-15(23)13-20-16(18-6-2)21-14-17(3,4)22-11-8-7-9-12-22/h5-14H2,1-4H3,(H,19,23)(H2,18,20,21). The van der Waals surface area contributed by atoms with Crippen molar-refractivity contribution in [1.82, 2.24) is 20.9 Å². The summed E-state index contributed by atoms with van der Waals surface area (Å²) in [6.07, 6.45) is 4.86. The van der Waals surface area contributed by atoms with Crippen molar-refractivity contribution < 1.29 is 4.79 Å². The predicted octanol–water partition coefficient (Wildman–Crippen LogP) is 1.33. The Labute approximate surface area is 141 Å². The van der Waals surface area contributed by atoms with Gasteiger partial charge in [0.1, 0.15) is 6.54 Å². The SMILES string of the molecule is CCCNC(=O)CN=C(NCC)NCC(C)(C)N1CCCCC1. The van der Waals surface area contributed by atoms with Gasteiger partial charge in [-0.05, 0) is 53.1 Å². The zero-order valence-electron chi connectivity index (χ0n) is 15.4. The summed E-state index contributed by atoms with van der Waals surface area (Å²) in [7, 11) is 0. The molecule has 3 N–H and O–H groups in total. The van der Waals surface area contributed by atoms with Crippen LogP contribution in [0, 0.1) is 0 Å². The lowest BCUT2D eigenvalue weighted by Gasteiger charge is -2.41. The minimum atomic E-state index is -0.0284. The summed E-state index contributed by atoms with van der Waals surface area (Å²) >= 11 is 0. The minimum Gasteiger partial charge on any atom is -0.357 e. The minimum absolute atomic E-state index is 0.0284. The highest BCUT2D eigenvalue weighted by Crippen LogP contribution is 2.19. The summed E-state index contributed by atoms with van der Waals surface area (Å²) in [5, 5.41) is 9.44. The Morgan fingerprint density at radius 3 is 2.39 bits per heavy atom. The molecular weight excluding hydrogens is 290 g/mol. The summed E-state index contributed by atoms with van der Waals surface area (Å²) in [5.74, 6) is 0.684. The Balaban J connectivity index is 2.48. The molecule has 1 aliphatic rings. The van der Waals surface area contributed by atoms with Crippen molar-refractivity contribution >= 4 is 11.9 Å². The molecule has 6 nitrogen and oxygen atoms in total. The molecule has 0 atom stereocenters. The number of piperidine rings is 1. The molecule has 0 bridgehead atoms. The van der Waals surface area contributed by atoms with E-state index in [1.807, 2.05) is 13.8 Å². The van der Waals surface area contributed by atoms with Crippen molar-refractivity contribution in [2.45, 2.75) is 58.9 Å². The van der Waals surface area contributed by atoms with E-state index in [0.29, 0.717) is 12.5 Å². The second kappa shape index (κ2) is 10.5. The molecule has 0 unspecified atom stereocenters.